The molecule has 0 spiro atoms. The Labute approximate surface area is 210 Å². The number of carbonyl (C=O) groups excluding carboxylic acids is 1. The summed E-state index contributed by atoms with van der Waals surface area (Å²) in [6, 6.07) is 16.7. The predicted octanol–water partition coefficient (Wildman–Crippen LogP) is 5.31. The number of rotatable bonds is 9. The molecule has 0 aliphatic rings. The summed E-state index contributed by atoms with van der Waals surface area (Å²) >= 11 is 12.1. The number of halogens is 2. The lowest BCUT2D eigenvalue weighted by Crippen LogP contribution is -2.42. The van der Waals surface area contributed by atoms with Gasteiger partial charge in [0.2, 0.25) is 5.91 Å². The molecule has 6 nitrogen and oxygen atoms in total. The van der Waals surface area contributed by atoms with Crippen LogP contribution < -0.4 is 14.4 Å². The van der Waals surface area contributed by atoms with Crippen LogP contribution in [0.5, 0.6) is 5.75 Å². The molecule has 34 heavy (non-hydrogen) atoms. The van der Waals surface area contributed by atoms with Gasteiger partial charge in [0.05, 0.1) is 27.2 Å². The molecule has 1 N–H and O–H groups in total. The molecule has 0 heterocycles. The Hall–Kier alpha value is -2.74. The second kappa shape index (κ2) is 11.1. The molecule has 0 radical (unpaired) electrons. The quantitative estimate of drug-likeness (QED) is 0.388. The Morgan fingerprint density at radius 2 is 1.59 bits per heavy atom. The van der Waals surface area contributed by atoms with E-state index in [9.17, 15) is 13.2 Å². The zero-order valence-corrected chi connectivity index (χ0v) is 21.5. The van der Waals surface area contributed by atoms with Crippen LogP contribution >= 0.6 is 23.2 Å². The maximum atomic E-state index is 13.4. The Bertz CT molecular complexity index is 1280. The highest BCUT2D eigenvalue weighted by Crippen LogP contribution is 2.30. The first-order valence-corrected chi connectivity index (χ1v) is 12.8. The summed E-state index contributed by atoms with van der Waals surface area (Å²) in [6.07, 6.45) is 0. The smallest absolute Gasteiger partial charge is 0.264 e. The molecule has 1 amide bonds. The van der Waals surface area contributed by atoms with Crippen LogP contribution in [-0.2, 0) is 14.8 Å². The van der Waals surface area contributed by atoms with Crippen molar-refractivity contribution in [2.75, 3.05) is 24.0 Å². The van der Waals surface area contributed by atoms with Crippen LogP contribution in [0.2, 0.25) is 10.0 Å². The van der Waals surface area contributed by atoms with Gasteiger partial charge < -0.3 is 10.1 Å². The molecule has 3 rings (SSSR count). The topological polar surface area (TPSA) is 75.7 Å². The monoisotopic (exact) mass is 520 g/mol. The molecule has 9 heteroatoms. The minimum atomic E-state index is -4.04. The number of aryl methyl sites for hydroxylation is 3. The van der Waals surface area contributed by atoms with Gasteiger partial charge in [-0.2, -0.15) is 0 Å². The van der Waals surface area contributed by atoms with Crippen LogP contribution in [0.3, 0.4) is 0 Å². The average Bonchev–Trinajstić information content (AvgIpc) is 2.79. The number of hydrogen-bond acceptors (Lipinski definition) is 4. The molecule has 0 aromatic heterocycles. The number of amides is 1. The van der Waals surface area contributed by atoms with Gasteiger partial charge in [-0.05, 0) is 68.3 Å². The molecule has 0 aliphatic carbocycles. The van der Waals surface area contributed by atoms with Gasteiger partial charge >= 0.3 is 0 Å². The van der Waals surface area contributed by atoms with Gasteiger partial charge in [-0.15, -0.1) is 0 Å². The highest BCUT2D eigenvalue weighted by atomic mass is 35.5. The van der Waals surface area contributed by atoms with Gasteiger partial charge in [-0.3, -0.25) is 9.10 Å². The number of anilines is 1. The Kier molecular flexibility index (Phi) is 8.47. The van der Waals surface area contributed by atoms with Gasteiger partial charge in [0.15, 0.2) is 0 Å². The van der Waals surface area contributed by atoms with Gasteiger partial charge in [0.1, 0.15) is 18.9 Å². The summed E-state index contributed by atoms with van der Waals surface area (Å²) < 4.78 is 33.6. The van der Waals surface area contributed by atoms with Gasteiger partial charge in [0.25, 0.3) is 10.0 Å². The molecule has 0 saturated carbocycles. The number of sulfonamides is 1. The average molecular weight is 521 g/mol. The summed E-state index contributed by atoms with van der Waals surface area (Å²) in [6.45, 7) is 5.80. The normalized spacial score (nSPS) is 11.2. The van der Waals surface area contributed by atoms with Gasteiger partial charge in [-0.25, -0.2) is 8.42 Å². The Morgan fingerprint density at radius 3 is 2.26 bits per heavy atom. The van der Waals surface area contributed by atoms with Crippen molar-refractivity contribution in [3.63, 3.8) is 0 Å². The van der Waals surface area contributed by atoms with Crippen LogP contribution in [0.25, 0.3) is 0 Å². The zero-order chi connectivity index (χ0) is 24.9. The predicted molar refractivity (Wildman–Crippen MR) is 137 cm³/mol. The van der Waals surface area contributed by atoms with E-state index in [4.69, 9.17) is 27.9 Å². The number of benzene rings is 3. The van der Waals surface area contributed by atoms with E-state index in [0.29, 0.717) is 0 Å². The number of hydrogen-bond donors (Lipinski definition) is 1. The molecular weight excluding hydrogens is 495 g/mol. The second-order valence-electron chi connectivity index (χ2n) is 7.89. The van der Waals surface area contributed by atoms with E-state index >= 15 is 0 Å². The van der Waals surface area contributed by atoms with E-state index in [2.05, 4.69) is 5.32 Å². The summed E-state index contributed by atoms with van der Waals surface area (Å²) in [5.74, 6) is 0.264. The third-order valence-electron chi connectivity index (χ3n) is 5.11. The number of nitrogens with zero attached hydrogens (tertiary/aromatic N) is 1. The second-order valence-corrected chi connectivity index (χ2v) is 10.6. The molecule has 180 valence electrons. The summed E-state index contributed by atoms with van der Waals surface area (Å²) in [5, 5.41) is 3.19. The first kappa shape index (κ1) is 25.9. The standard InChI is InChI=1S/C25H26Cl2N2O4S/c1-17-5-9-21(10-6-17)34(31,32)29(20-8-11-22(26)23(27)15-20)16-25(30)28-12-13-33-24-14-18(2)4-7-19(24)3/h4-11,14-15H,12-13,16H2,1-3H3,(H,28,30). The molecule has 0 bridgehead atoms. The van der Waals surface area contributed by atoms with E-state index < -0.39 is 22.5 Å². The van der Waals surface area contributed by atoms with Crippen molar-refractivity contribution in [2.24, 2.45) is 0 Å². The van der Waals surface area contributed by atoms with Crippen molar-refractivity contribution in [1.82, 2.24) is 5.32 Å². The number of ether oxygens (including phenoxy) is 1. The molecule has 3 aromatic rings. The van der Waals surface area contributed by atoms with E-state index in [1.54, 1.807) is 12.1 Å². The lowest BCUT2D eigenvalue weighted by molar-refractivity contribution is -0.119. The number of nitrogens with one attached hydrogen (secondary N) is 1. The maximum Gasteiger partial charge on any atom is 0.264 e. The molecular formula is C25H26Cl2N2O4S. The lowest BCUT2D eigenvalue weighted by atomic mass is 10.1. The van der Waals surface area contributed by atoms with Gasteiger partial charge in [0, 0.05) is 0 Å². The summed E-state index contributed by atoms with van der Waals surface area (Å²) in [5.41, 5.74) is 3.22. The van der Waals surface area contributed by atoms with Crippen LogP contribution in [0.1, 0.15) is 16.7 Å². The zero-order valence-electron chi connectivity index (χ0n) is 19.1. The van der Waals surface area contributed by atoms with Crippen LogP contribution in [0.4, 0.5) is 5.69 Å². The maximum absolute atomic E-state index is 13.4. The highest BCUT2D eigenvalue weighted by molar-refractivity contribution is 7.92. The number of carbonyl (C=O) groups is 1. The summed E-state index contributed by atoms with van der Waals surface area (Å²) in [4.78, 5) is 12.8. The molecule has 0 saturated heterocycles. The minimum Gasteiger partial charge on any atom is -0.491 e. The Balaban J connectivity index is 1.74. The minimum absolute atomic E-state index is 0.0650. The molecule has 3 aromatic carbocycles. The van der Waals surface area contributed by atoms with E-state index in [1.165, 1.54) is 30.3 Å². The van der Waals surface area contributed by atoms with Crippen molar-refractivity contribution >= 4 is 44.8 Å². The first-order valence-electron chi connectivity index (χ1n) is 10.6. The van der Waals surface area contributed by atoms with Crippen LogP contribution in [-0.4, -0.2) is 34.0 Å². The summed E-state index contributed by atoms with van der Waals surface area (Å²) in [7, 11) is -4.04. The fourth-order valence-corrected chi connectivity index (χ4v) is 4.90. The Morgan fingerprint density at radius 1 is 0.912 bits per heavy atom. The molecule has 0 fully saturated rings. The SMILES string of the molecule is Cc1ccc(S(=O)(=O)N(CC(=O)NCCOc2cc(C)ccc2C)c2ccc(Cl)c(Cl)c2)cc1. The van der Waals surface area contributed by atoms with E-state index in [1.807, 2.05) is 39.0 Å². The van der Waals surface area contributed by atoms with Crippen molar-refractivity contribution in [3.05, 3.63) is 87.4 Å². The van der Waals surface area contributed by atoms with Crippen molar-refractivity contribution in [3.8, 4) is 5.75 Å². The van der Waals surface area contributed by atoms with E-state index in [-0.39, 0.29) is 33.8 Å². The third-order valence-corrected chi connectivity index (χ3v) is 7.64. The highest BCUT2D eigenvalue weighted by Gasteiger charge is 2.27. The van der Waals surface area contributed by atoms with Crippen LogP contribution in [0.15, 0.2) is 65.6 Å². The fourth-order valence-electron chi connectivity index (χ4n) is 3.19. The third kappa shape index (κ3) is 6.44. The largest absolute Gasteiger partial charge is 0.491 e. The molecule has 0 atom stereocenters. The molecule has 0 unspecified atom stereocenters. The first-order chi connectivity index (χ1) is 16.1. The van der Waals surface area contributed by atoms with Crippen molar-refractivity contribution < 1.29 is 17.9 Å². The van der Waals surface area contributed by atoms with Crippen molar-refractivity contribution in [2.45, 2.75) is 25.7 Å². The van der Waals surface area contributed by atoms with Gasteiger partial charge in [-0.1, -0.05) is 53.0 Å². The van der Waals surface area contributed by atoms with E-state index in [0.717, 1.165) is 26.7 Å². The lowest BCUT2D eigenvalue weighted by Gasteiger charge is -2.24. The molecule has 0 aliphatic heterocycles. The fraction of sp³-hybridized carbons (Fsp3) is 0.240. The van der Waals surface area contributed by atoms with Crippen molar-refractivity contribution in [1.29, 1.82) is 0 Å². The van der Waals surface area contributed by atoms with Crippen LogP contribution in [0, 0.1) is 20.8 Å².